The van der Waals surface area contributed by atoms with Crippen molar-refractivity contribution in [3.8, 4) is 17.2 Å². The Labute approximate surface area is 212 Å². The summed E-state index contributed by atoms with van der Waals surface area (Å²) in [5.41, 5.74) is 2.35. The number of amides is 1. The van der Waals surface area contributed by atoms with Crippen LogP contribution in [0.25, 0.3) is 11.0 Å². The first kappa shape index (κ1) is 23.7. The normalized spacial score (nSPS) is 14.8. The van der Waals surface area contributed by atoms with Gasteiger partial charge in [0.15, 0.2) is 16.9 Å². The van der Waals surface area contributed by atoms with E-state index in [2.05, 4.69) is 4.98 Å². The molecule has 2 aromatic heterocycles. The number of hydrogen-bond acceptors (Lipinski definition) is 7. The van der Waals surface area contributed by atoms with Gasteiger partial charge in [-0.3, -0.25) is 14.6 Å². The SMILES string of the molecule is COc1cc([C@@H]2c3c(oc4cc(C)c(Cl)cc4c3=O)C(=O)N2Cc2cccnc2)cc(OC)c1OC. The number of carbonyl (C=O) groups is 1. The Bertz CT molecular complexity index is 1520. The third kappa shape index (κ3) is 3.74. The second kappa shape index (κ2) is 9.20. The standard InChI is InChI=1S/C27H23ClN2O6/c1-14-8-19-17(11-18(14)28)24(31)22-23(16-9-20(33-2)25(35-4)21(10-16)34-3)30(27(32)26(22)36-19)13-15-6-5-7-29-12-15/h5-12,23H,13H2,1-4H3/t23-/m1/s1. The molecule has 3 heterocycles. The minimum Gasteiger partial charge on any atom is -0.493 e. The van der Waals surface area contributed by atoms with Crippen LogP contribution in [0.15, 0.2) is 58.0 Å². The summed E-state index contributed by atoms with van der Waals surface area (Å²) in [5, 5.41) is 0.744. The largest absolute Gasteiger partial charge is 0.493 e. The maximum atomic E-state index is 13.8. The van der Waals surface area contributed by atoms with E-state index in [1.165, 1.54) is 21.3 Å². The number of carbonyl (C=O) groups excluding carboxylic acids is 1. The fraction of sp³-hybridized carbons (Fsp3) is 0.222. The van der Waals surface area contributed by atoms with Crippen molar-refractivity contribution >= 4 is 28.5 Å². The number of aromatic nitrogens is 1. The fourth-order valence-corrected chi connectivity index (χ4v) is 4.76. The zero-order valence-corrected chi connectivity index (χ0v) is 20.9. The fourth-order valence-electron chi connectivity index (χ4n) is 4.60. The molecule has 0 aliphatic carbocycles. The van der Waals surface area contributed by atoms with E-state index < -0.39 is 11.9 Å². The first-order chi connectivity index (χ1) is 17.4. The van der Waals surface area contributed by atoms with Gasteiger partial charge < -0.3 is 23.5 Å². The van der Waals surface area contributed by atoms with Gasteiger partial charge in [0.1, 0.15) is 5.58 Å². The van der Waals surface area contributed by atoms with Gasteiger partial charge in [0, 0.05) is 24.0 Å². The Morgan fingerprint density at radius 2 is 1.78 bits per heavy atom. The molecule has 184 valence electrons. The molecule has 5 rings (SSSR count). The molecule has 1 atom stereocenters. The molecule has 2 aromatic carbocycles. The van der Waals surface area contributed by atoms with E-state index in [9.17, 15) is 9.59 Å². The molecule has 0 saturated carbocycles. The first-order valence-electron chi connectivity index (χ1n) is 11.1. The van der Waals surface area contributed by atoms with Gasteiger partial charge in [-0.05, 0) is 53.9 Å². The Hall–Kier alpha value is -4.04. The number of hydrogen-bond donors (Lipinski definition) is 0. The highest BCUT2D eigenvalue weighted by Gasteiger charge is 2.43. The predicted octanol–water partition coefficient (Wildman–Crippen LogP) is 4.92. The van der Waals surface area contributed by atoms with Gasteiger partial charge in [0.25, 0.3) is 5.91 Å². The maximum Gasteiger partial charge on any atom is 0.291 e. The molecular weight excluding hydrogens is 484 g/mol. The van der Waals surface area contributed by atoms with E-state index in [0.29, 0.717) is 38.8 Å². The zero-order valence-electron chi connectivity index (χ0n) is 20.1. The Balaban J connectivity index is 1.79. The van der Waals surface area contributed by atoms with E-state index in [1.54, 1.807) is 47.6 Å². The number of aryl methyl sites for hydroxylation is 1. The highest BCUT2D eigenvalue weighted by Crippen LogP contribution is 2.45. The van der Waals surface area contributed by atoms with Crippen LogP contribution >= 0.6 is 11.6 Å². The van der Waals surface area contributed by atoms with Crippen molar-refractivity contribution in [1.82, 2.24) is 9.88 Å². The minimum atomic E-state index is -0.776. The van der Waals surface area contributed by atoms with Gasteiger partial charge in [-0.1, -0.05) is 17.7 Å². The first-order valence-corrected chi connectivity index (χ1v) is 11.5. The summed E-state index contributed by atoms with van der Waals surface area (Å²) in [6.07, 6.45) is 3.34. The van der Waals surface area contributed by atoms with Gasteiger partial charge in [-0.25, -0.2) is 0 Å². The summed E-state index contributed by atoms with van der Waals surface area (Å²) in [7, 11) is 4.53. The van der Waals surface area contributed by atoms with Crippen LogP contribution in [0.2, 0.25) is 5.02 Å². The van der Waals surface area contributed by atoms with Crippen LogP contribution in [-0.2, 0) is 6.54 Å². The van der Waals surface area contributed by atoms with Crippen LogP contribution in [0.5, 0.6) is 17.2 Å². The predicted molar refractivity (Wildman–Crippen MR) is 134 cm³/mol. The lowest BCUT2D eigenvalue weighted by Gasteiger charge is -2.26. The van der Waals surface area contributed by atoms with E-state index >= 15 is 0 Å². The number of fused-ring (bicyclic) bond motifs is 2. The molecular formula is C27H23ClN2O6. The van der Waals surface area contributed by atoms with Crippen LogP contribution in [0.4, 0.5) is 0 Å². The van der Waals surface area contributed by atoms with E-state index in [4.69, 9.17) is 30.2 Å². The molecule has 36 heavy (non-hydrogen) atoms. The third-order valence-electron chi connectivity index (χ3n) is 6.33. The van der Waals surface area contributed by atoms with Crippen molar-refractivity contribution in [3.63, 3.8) is 0 Å². The molecule has 0 spiro atoms. The Kier molecular flexibility index (Phi) is 6.05. The summed E-state index contributed by atoms with van der Waals surface area (Å²) in [6, 6.07) is 9.60. The van der Waals surface area contributed by atoms with Crippen molar-refractivity contribution in [3.05, 3.63) is 92.1 Å². The van der Waals surface area contributed by atoms with Gasteiger partial charge >= 0.3 is 0 Å². The number of benzene rings is 2. The van der Waals surface area contributed by atoms with Gasteiger partial charge in [-0.15, -0.1) is 0 Å². The lowest BCUT2D eigenvalue weighted by molar-refractivity contribution is 0.0713. The minimum absolute atomic E-state index is 0.00290. The highest BCUT2D eigenvalue weighted by atomic mass is 35.5. The Morgan fingerprint density at radius 1 is 1.06 bits per heavy atom. The molecule has 0 bridgehead atoms. The van der Waals surface area contributed by atoms with Crippen molar-refractivity contribution < 1.29 is 23.4 Å². The number of ether oxygens (including phenoxy) is 3. The maximum absolute atomic E-state index is 13.8. The van der Waals surface area contributed by atoms with Gasteiger partial charge in [0.2, 0.25) is 11.5 Å². The van der Waals surface area contributed by atoms with E-state index in [-0.39, 0.29) is 23.3 Å². The van der Waals surface area contributed by atoms with Gasteiger partial charge in [0.05, 0.1) is 38.3 Å². The van der Waals surface area contributed by atoms with E-state index in [0.717, 1.165) is 11.1 Å². The summed E-state index contributed by atoms with van der Waals surface area (Å²) < 4.78 is 22.6. The number of methoxy groups -OCH3 is 3. The molecule has 0 saturated heterocycles. The molecule has 0 N–H and O–H groups in total. The smallest absolute Gasteiger partial charge is 0.291 e. The van der Waals surface area contributed by atoms with Crippen LogP contribution in [0.3, 0.4) is 0 Å². The van der Waals surface area contributed by atoms with E-state index in [1.807, 2.05) is 13.0 Å². The molecule has 0 fully saturated rings. The lowest BCUT2D eigenvalue weighted by atomic mass is 9.97. The highest BCUT2D eigenvalue weighted by molar-refractivity contribution is 6.32. The monoisotopic (exact) mass is 506 g/mol. The molecule has 8 nitrogen and oxygen atoms in total. The number of rotatable bonds is 6. The summed E-state index contributed by atoms with van der Waals surface area (Å²) >= 11 is 6.33. The van der Waals surface area contributed by atoms with Crippen molar-refractivity contribution in [2.24, 2.45) is 0 Å². The average molecular weight is 507 g/mol. The molecule has 1 amide bonds. The van der Waals surface area contributed by atoms with Gasteiger partial charge in [-0.2, -0.15) is 0 Å². The lowest BCUT2D eigenvalue weighted by Crippen LogP contribution is -2.29. The molecule has 0 unspecified atom stereocenters. The topological polar surface area (TPSA) is 91.1 Å². The molecule has 0 radical (unpaired) electrons. The van der Waals surface area contributed by atoms with Crippen molar-refractivity contribution in [2.75, 3.05) is 21.3 Å². The third-order valence-corrected chi connectivity index (χ3v) is 6.73. The van der Waals surface area contributed by atoms with Crippen LogP contribution in [0.1, 0.15) is 38.9 Å². The summed E-state index contributed by atoms with van der Waals surface area (Å²) in [6.45, 7) is 2.01. The average Bonchev–Trinajstić information content (AvgIpc) is 3.16. The van der Waals surface area contributed by atoms with Crippen LogP contribution in [0, 0.1) is 6.92 Å². The van der Waals surface area contributed by atoms with Crippen molar-refractivity contribution in [1.29, 1.82) is 0 Å². The summed E-state index contributed by atoms with van der Waals surface area (Å²) in [4.78, 5) is 33.3. The van der Waals surface area contributed by atoms with Crippen molar-refractivity contribution in [2.45, 2.75) is 19.5 Å². The second-order valence-electron chi connectivity index (χ2n) is 8.43. The Morgan fingerprint density at radius 3 is 2.39 bits per heavy atom. The molecule has 9 heteroatoms. The number of halogens is 1. The molecule has 1 aliphatic heterocycles. The second-order valence-corrected chi connectivity index (χ2v) is 8.83. The van der Waals surface area contributed by atoms with Crippen LogP contribution in [-0.4, -0.2) is 37.1 Å². The molecule has 1 aliphatic rings. The zero-order chi connectivity index (χ0) is 25.6. The quantitative estimate of drug-likeness (QED) is 0.366. The number of nitrogens with zero attached hydrogens (tertiary/aromatic N) is 2. The summed E-state index contributed by atoms with van der Waals surface area (Å²) in [5.74, 6) is 0.798. The van der Waals surface area contributed by atoms with Crippen LogP contribution < -0.4 is 19.6 Å². The number of pyridine rings is 1. The molecule has 4 aromatic rings.